The van der Waals surface area contributed by atoms with Crippen LogP contribution in [-0.4, -0.2) is 35.4 Å². The quantitative estimate of drug-likeness (QED) is 0.798. The van der Waals surface area contributed by atoms with Gasteiger partial charge in [-0.05, 0) is 56.3 Å². The van der Waals surface area contributed by atoms with Crippen LogP contribution in [0.25, 0.3) is 0 Å². The summed E-state index contributed by atoms with van der Waals surface area (Å²) in [5.41, 5.74) is 0.145. The Hall–Kier alpha value is -0.250. The standard InChI is InChI=1S/C14H23BrN2O/c1-17(3-2-15)13(18)16-14-7-10-4-11(8-14)6-12(5-10)9-14/h10-12H,2-9H2,1H3,(H,16,18). The third kappa shape index (κ3) is 2.28. The molecule has 1 N–H and O–H groups in total. The molecule has 0 aliphatic heterocycles. The average Bonchev–Trinajstić information content (AvgIpc) is 2.26. The number of halogens is 1. The minimum Gasteiger partial charge on any atom is -0.333 e. The third-order valence-corrected chi connectivity index (χ3v) is 5.53. The summed E-state index contributed by atoms with van der Waals surface area (Å²) in [5.74, 6) is 2.66. The molecule has 0 saturated heterocycles. The Morgan fingerprint density at radius 1 is 1.22 bits per heavy atom. The number of alkyl halides is 1. The number of hydrogen-bond donors (Lipinski definition) is 1. The van der Waals surface area contributed by atoms with Gasteiger partial charge in [-0.15, -0.1) is 0 Å². The maximum absolute atomic E-state index is 12.2. The minimum absolute atomic E-state index is 0.122. The maximum Gasteiger partial charge on any atom is 0.317 e. The van der Waals surface area contributed by atoms with Crippen molar-refractivity contribution in [3.63, 3.8) is 0 Å². The van der Waals surface area contributed by atoms with Crippen LogP contribution in [0.5, 0.6) is 0 Å². The van der Waals surface area contributed by atoms with Crippen LogP contribution in [0, 0.1) is 17.8 Å². The summed E-state index contributed by atoms with van der Waals surface area (Å²) in [7, 11) is 1.89. The minimum atomic E-state index is 0.122. The number of nitrogens with zero attached hydrogens (tertiary/aromatic N) is 1. The van der Waals surface area contributed by atoms with Crippen molar-refractivity contribution in [2.24, 2.45) is 17.8 Å². The predicted octanol–water partition coefficient (Wildman–Crippen LogP) is 2.99. The normalized spacial score (nSPS) is 40.9. The molecule has 0 unspecified atom stereocenters. The van der Waals surface area contributed by atoms with Crippen molar-refractivity contribution >= 4 is 22.0 Å². The number of urea groups is 1. The highest BCUT2D eigenvalue weighted by Crippen LogP contribution is 2.55. The second-order valence-electron chi connectivity index (χ2n) is 6.74. The highest BCUT2D eigenvalue weighted by molar-refractivity contribution is 9.09. The number of amides is 2. The summed E-state index contributed by atoms with van der Waals surface area (Å²) in [6.07, 6.45) is 7.96. The van der Waals surface area contributed by atoms with E-state index < -0.39 is 0 Å². The molecule has 0 aromatic heterocycles. The maximum atomic E-state index is 12.2. The van der Waals surface area contributed by atoms with Crippen LogP contribution >= 0.6 is 15.9 Å². The molecular formula is C14H23BrN2O. The van der Waals surface area contributed by atoms with Crippen LogP contribution in [0.15, 0.2) is 0 Å². The molecule has 102 valence electrons. The smallest absolute Gasteiger partial charge is 0.317 e. The molecule has 4 saturated carbocycles. The van der Waals surface area contributed by atoms with E-state index in [-0.39, 0.29) is 11.6 Å². The molecule has 0 aromatic rings. The summed E-state index contributed by atoms with van der Waals surface area (Å²) in [6.45, 7) is 0.776. The summed E-state index contributed by atoms with van der Waals surface area (Å²) < 4.78 is 0. The van der Waals surface area contributed by atoms with Crippen LogP contribution < -0.4 is 5.32 Å². The molecule has 4 heteroatoms. The third-order valence-electron chi connectivity index (χ3n) is 5.18. The molecule has 0 aromatic carbocycles. The van der Waals surface area contributed by atoms with Crippen molar-refractivity contribution in [2.45, 2.75) is 44.1 Å². The van der Waals surface area contributed by atoms with E-state index in [1.165, 1.54) is 38.5 Å². The fourth-order valence-corrected chi connectivity index (χ4v) is 5.35. The van der Waals surface area contributed by atoms with Gasteiger partial charge < -0.3 is 10.2 Å². The molecule has 3 nitrogen and oxygen atoms in total. The van der Waals surface area contributed by atoms with Gasteiger partial charge in [0.2, 0.25) is 0 Å². The number of carbonyl (C=O) groups excluding carboxylic acids is 1. The van der Waals surface area contributed by atoms with Crippen molar-refractivity contribution < 1.29 is 4.79 Å². The van der Waals surface area contributed by atoms with Gasteiger partial charge in [-0.25, -0.2) is 4.79 Å². The second kappa shape index (κ2) is 4.69. The van der Waals surface area contributed by atoms with Gasteiger partial charge in [-0.1, -0.05) is 15.9 Å². The van der Waals surface area contributed by atoms with Crippen molar-refractivity contribution in [3.05, 3.63) is 0 Å². The van der Waals surface area contributed by atoms with Crippen LogP contribution in [0.4, 0.5) is 4.79 Å². The van der Waals surface area contributed by atoms with Crippen LogP contribution in [0.3, 0.4) is 0 Å². The topological polar surface area (TPSA) is 32.3 Å². The van der Waals surface area contributed by atoms with Gasteiger partial charge in [0.1, 0.15) is 0 Å². The molecule has 4 aliphatic carbocycles. The monoisotopic (exact) mass is 314 g/mol. The van der Waals surface area contributed by atoms with Gasteiger partial charge in [-0.3, -0.25) is 0 Å². The lowest BCUT2D eigenvalue weighted by atomic mass is 9.53. The van der Waals surface area contributed by atoms with E-state index in [9.17, 15) is 4.79 Å². The van der Waals surface area contributed by atoms with E-state index in [1.54, 1.807) is 4.90 Å². The number of hydrogen-bond acceptors (Lipinski definition) is 1. The highest BCUT2D eigenvalue weighted by atomic mass is 79.9. The molecule has 0 atom stereocenters. The number of nitrogens with one attached hydrogen (secondary N) is 1. The van der Waals surface area contributed by atoms with E-state index >= 15 is 0 Å². The van der Waals surface area contributed by atoms with E-state index in [2.05, 4.69) is 21.2 Å². The fourth-order valence-electron chi connectivity index (χ4n) is 4.81. The van der Waals surface area contributed by atoms with Gasteiger partial charge in [0.15, 0.2) is 0 Å². The Balaban J connectivity index is 1.67. The van der Waals surface area contributed by atoms with E-state index in [0.717, 1.165) is 29.6 Å². The Labute approximate surface area is 118 Å². The van der Waals surface area contributed by atoms with Gasteiger partial charge in [0.05, 0.1) is 0 Å². The van der Waals surface area contributed by atoms with Crippen molar-refractivity contribution in [1.82, 2.24) is 10.2 Å². The molecule has 4 aliphatic rings. The van der Waals surface area contributed by atoms with Crippen LogP contribution in [0.1, 0.15) is 38.5 Å². The highest BCUT2D eigenvalue weighted by Gasteiger charge is 2.51. The van der Waals surface area contributed by atoms with Crippen LogP contribution in [-0.2, 0) is 0 Å². The average molecular weight is 315 g/mol. The van der Waals surface area contributed by atoms with E-state index in [0.29, 0.717) is 0 Å². The van der Waals surface area contributed by atoms with Crippen molar-refractivity contribution in [2.75, 3.05) is 18.9 Å². The Kier molecular flexibility index (Phi) is 3.33. The van der Waals surface area contributed by atoms with Crippen molar-refractivity contribution in [1.29, 1.82) is 0 Å². The Morgan fingerprint density at radius 3 is 2.17 bits per heavy atom. The van der Waals surface area contributed by atoms with E-state index in [1.807, 2.05) is 7.05 Å². The largest absolute Gasteiger partial charge is 0.333 e. The lowest BCUT2D eigenvalue weighted by Gasteiger charge is -2.57. The molecule has 18 heavy (non-hydrogen) atoms. The van der Waals surface area contributed by atoms with E-state index in [4.69, 9.17) is 0 Å². The zero-order valence-electron chi connectivity index (χ0n) is 11.1. The van der Waals surface area contributed by atoms with Gasteiger partial charge >= 0.3 is 6.03 Å². The molecule has 4 bridgehead atoms. The molecular weight excluding hydrogens is 292 g/mol. The summed E-state index contributed by atoms with van der Waals surface area (Å²) in [4.78, 5) is 14.0. The van der Waals surface area contributed by atoms with Crippen molar-refractivity contribution in [3.8, 4) is 0 Å². The molecule has 4 fully saturated rings. The first-order valence-electron chi connectivity index (χ1n) is 7.19. The lowest BCUT2D eigenvalue weighted by Crippen LogP contribution is -2.61. The number of carbonyl (C=O) groups is 1. The summed E-state index contributed by atoms with van der Waals surface area (Å²) in [5, 5.41) is 4.22. The first-order valence-corrected chi connectivity index (χ1v) is 8.31. The summed E-state index contributed by atoms with van der Waals surface area (Å²) >= 11 is 3.39. The Bertz CT molecular complexity index is 309. The first kappa shape index (κ1) is 12.8. The predicted molar refractivity (Wildman–Crippen MR) is 75.9 cm³/mol. The van der Waals surface area contributed by atoms with Gasteiger partial charge in [-0.2, -0.15) is 0 Å². The molecule has 0 heterocycles. The molecule has 4 rings (SSSR count). The zero-order valence-corrected chi connectivity index (χ0v) is 12.7. The lowest BCUT2D eigenvalue weighted by molar-refractivity contribution is -0.0152. The SMILES string of the molecule is CN(CCBr)C(=O)NC12CC3CC(CC(C3)C1)C2. The molecule has 0 radical (unpaired) electrons. The van der Waals surface area contributed by atoms with Gasteiger partial charge in [0, 0.05) is 24.5 Å². The molecule has 2 amide bonds. The Morgan fingerprint density at radius 2 is 1.72 bits per heavy atom. The summed E-state index contributed by atoms with van der Waals surface area (Å²) in [6, 6.07) is 0.122. The van der Waals surface area contributed by atoms with Gasteiger partial charge in [0.25, 0.3) is 0 Å². The van der Waals surface area contributed by atoms with Crippen LogP contribution in [0.2, 0.25) is 0 Å². The molecule has 0 spiro atoms. The zero-order chi connectivity index (χ0) is 12.8. The first-order chi connectivity index (χ1) is 8.60. The fraction of sp³-hybridized carbons (Fsp3) is 0.929. The number of rotatable bonds is 3. The second-order valence-corrected chi connectivity index (χ2v) is 7.53.